The van der Waals surface area contributed by atoms with Gasteiger partial charge >= 0.3 is 0 Å². The van der Waals surface area contributed by atoms with E-state index in [2.05, 4.69) is 27.0 Å². The third-order valence-electron chi connectivity index (χ3n) is 2.80. The second-order valence-electron chi connectivity index (χ2n) is 3.91. The smallest absolute Gasteiger partial charge is 0.104 e. The van der Waals surface area contributed by atoms with Gasteiger partial charge in [-0.3, -0.25) is 5.10 Å². The topological polar surface area (TPSA) is 64.7 Å². The van der Waals surface area contributed by atoms with Crippen molar-refractivity contribution >= 4 is 10.9 Å². The molecule has 4 nitrogen and oxygen atoms in total. The van der Waals surface area contributed by atoms with Gasteiger partial charge in [-0.05, 0) is 18.2 Å². The highest BCUT2D eigenvalue weighted by Crippen LogP contribution is 2.28. The summed E-state index contributed by atoms with van der Waals surface area (Å²) in [5, 5.41) is 16.6. The average Bonchev–Trinajstić information content (AvgIpc) is 3.04. The van der Waals surface area contributed by atoms with Crippen LogP contribution in [0.3, 0.4) is 0 Å². The first-order valence-electron chi connectivity index (χ1n) is 5.58. The fraction of sp³-hybridized carbons (Fsp3) is 0.0714. The standard InChI is InChI=1S/C14H11N3O/c18-5-1-2-10-3-4-14-12(6-10)13(9-15-14)11-7-16-17-8-11/h3-4,6-9,15,18H,5H2,(H,16,17). The Labute approximate surface area is 104 Å². The molecule has 1 aromatic carbocycles. The van der Waals surface area contributed by atoms with Gasteiger partial charge in [0.05, 0.1) is 6.20 Å². The first kappa shape index (κ1) is 10.6. The molecule has 0 fully saturated rings. The van der Waals surface area contributed by atoms with Crippen LogP contribution in [0.2, 0.25) is 0 Å². The summed E-state index contributed by atoms with van der Waals surface area (Å²) in [7, 11) is 0. The fourth-order valence-corrected chi connectivity index (χ4v) is 1.98. The molecule has 0 spiro atoms. The maximum Gasteiger partial charge on any atom is 0.104 e. The summed E-state index contributed by atoms with van der Waals surface area (Å²) in [5.74, 6) is 5.56. The molecular weight excluding hydrogens is 226 g/mol. The van der Waals surface area contributed by atoms with Gasteiger partial charge in [-0.2, -0.15) is 5.10 Å². The predicted molar refractivity (Wildman–Crippen MR) is 69.8 cm³/mol. The zero-order valence-corrected chi connectivity index (χ0v) is 9.57. The first-order chi connectivity index (χ1) is 8.88. The Morgan fingerprint density at radius 3 is 3.00 bits per heavy atom. The summed E-state index contributed by atoms with van der Waals surface area (Å²) in [5.41, 5.74) is 4.07. The van der Waals surface area contributed by atoms with E-state index in [1.807, 2.05) is 30.6 Å². The molecule has 18 heavy (non-hydrogen) atoms. The van der Waals surface area contributed by atoms with Gasteiger partial charge in [-0.25, -0.2) is 0 Å². The molecule has 0 unspecified atom stereocenters. The zero-order chi connectivity index (χ0) is 12.4. The largest absolute Gasteiger partial charge is 0.384 e. The number of hydrogen-bond acceptors (Lipinski definition) is 2. The van der Waals surface area contributed by atoms with Gasteiger partial charge in [0.2, 0.25) is 0 Å². The van der Waals surface area contributed by atoms with Crippen molar-refractivity contribution in [1.29, 1.82) is 0 Å². The summed E-state index contributed by atoms with van der Waals surface area (Å²) >= 11 is 0. The van der Waals surface area contributed by atoms with E-state index in [4.69, 9.17) is 5.11 Å². The van der Waals surface area contributed by atoms with Crippen LogP contribution in [0.5, 0.6) is 0 Å². The number of nitrogens with one attached hydrogen (secondary N) is 2. The van der Waals surface area contributed by atoms with Crippen molar-refractivity contribution in [3.05, 3.63) is 42.4 Å². The Hall–Kier alpha value is -2.51. The van der Waals surface area contributed by atoms with E-state index >= 15 is 0 Å². The lowest BCUT2D eigenvalue weighted by molar-refractivity contribution is 0.350. The van der Waals surface area contributed by atoms with Gasteiger partial charge in [-0.15, -0.1) is 0 Å². The maximum absolute atomic E-state index is 8.71. The van der Waals surface area contributed by atoms with Crippen LogP contribution in [-0.2, 0) is 0 Å². The monoisotopic (exact) mass is 237 g/mol. The molecule has 0 amide bonds. The summed E-state index contributed by atoms with van der Waals surface area (Å²) in [6.45, 7) is -0.125. The van der Waals surface area contributed by atoms with Crippen LogP contribution in [-0.4, -0.2) is 26.9 Å². The van der Waals surface area contributed by atoms with E-state index in [1.54, 1.807) is 6.20 Å². The van der Waals surface area contributed by atoms with Gasteiger partial charge < -0.3 is 10.1 Å². The maximum atomic E-state index is 8.71. The van der Waals surface area contributed by atoms with E-state index in [0.717, 1.165) is 27.6 Å². The lowest BCUT2D eigenvalue weighted by Gasteiger charge is -1.96. The predicted octanol–water partition coefficient (Wildman–Crippen LogP) is 1.90. The quantitative estimate of drug-likeness (QED) is 0.566. The average molecular weight is 237 g/mol. The Morgan fingerprint density at radius 2 is 2.22 bits per heavy atom. The van der Waals surface area contributed by atoms with Crippen molar-refractivity contribution in [3.63, 3.8) is 0 Å². The van der Waals surface area contributed by atoms with Gasteiger partial charge in [0, 0.05) is 40.0 Å². The van der Waals surface area contributed by atoms with Gasteiger partial charge in [0.25, 0.3) is 0 Å². The zero-order valence-electron chi connectivity index (χ0n) is 9.57. The minimum atomic E-state index is -0.125. The van der Waals surface area contributed by atoms with E-state index < -0.39 is 0 Å². The number of aliphatic hydroxyl groups is 1. The molecule has 0 saturated heterocycles. The van der Waals surface area contributed by atoms with E-state index in [0.29, 0.717) is 0 Å². The second kappa shape index (κ2) is 4.40. The molecule has 0 aliphatic rings. The van der Waals surface area contributed by atoms with Gasteiger partial charge in [0.1, 0.15) is 6.61 Å². The number of hydrogen-bond donors (Lipinski definition) is 3. The number of rotatable bonds is 1. The van der Waals surface area contributed by atoms with Crippen LogP contribution in [0, 0.1) is 11.8 Å². The molecule has 0 aliphatic carbocycles. The Bertz CT molecular complexity index is 729. The number of aliphatic hydroxyl groups excluding tert-OH is 1. The normalized spacial score (nSPS) is 10.3. The Morgan fingerprint density at radius 1 is 1.28 bits per heavy atom. The van der Waals surface area contributed by atoms with Crippen molar-refractivity contribution in [3.8, 4) is 23.0 Å². The lowest BCUT2D eigenvalue weighted by Crippen LogP contribution is -1.78. The summed E-state index contributed by atoms with van der Waals surface area (Å²) in [4.78, 5) is 3.22. The molecule has 0 aliphatic heterocycles. The molecule has 2 heterocycles. The Kier molecular flexibility index (Phi) is 2.60. The van der Waals surface area contributed by atoms with Crippen LogP contribution in [0.4, 0.5) is 0 Å². The number of nitrogens with zero attached hydrogens (tertiary/aromatic N) is 1. The van der Waals surface area contributed by atoms with Crippen molar-refractivity contribution in [2.24, 2.45) is 0 Å². The van der Waals surface area contributed by atoms with Crippen molar-refractivity contribution < 1.29 is 5.11 Å². The summed E-state index contributed by atoms with van der Waals surface area (Å²) < 4.78 is 0. The summed E-state index contributed by atoms with van der Waals surface area (Å²) in [6.07, 6.45) is 5.60. The van der Waals surface area contributed by atoms with Gasteiger partial charge in [0.15, 0.2) is 0 Å². The third kappa shape index (κ3) is 1.77. The number of aromatic amines is 2. The lowest BCUT2D eigenvalue weighted by atomic mass is 10.1. The van der Waals surface area contributed by atoms with Crippen LogP contribution < -0.4 is 0 Å². The molecule has 0 atom stereocenters. The number of benzene rings is 1. The molecule has 3 N–H and O–H groups in total. The highest BCUT2D eigenvalue weighted by Gasteiger charge is 2.07. The number of fused-ring (bicyclic) bond motifs is 1. The summed E-state index contributed by atoms with van der Waals surface area (Å²) in [6, 6.07) is 5.93. The second-order valence-corrected chi connectivity index (χ2v) is 3.91. The SMILES string of the molecule is OCC#Cc1ccc2[nH]cc(-c3cn[nH]c3)c2c1. The van der Waals surface area contributed by atoms with Crippen molar-refractivity contribution in [2.75, 3.05) is 6.61 Å². The molecule has 0 saturated carbocycles. The highest BCUT2D eigenvalue weighted by atomic mass is 16.2. The van der Waals surface area contributed by atoms with E-state index in [-0.39, 0.29) is 6.61 Å². The number of aromatic nitrogens is 3. The highest BCUT2D eigenvalue weighted by molar-refractivity contribution is 5.96. The molecule has 4 heteroatoms. The molecule has 2 aromatic heterocycles. The van der Waals surface area contributed by atoms with E-state index in [9.17, 15) is 0 Å². The fourth-order valence-electron chi connectivity index (χ4n) is 1.98. The number of H-pyrrole nitrogens is 2. The first-order valence-corrected chi connectivity index (χ1v) is 5.58. The van der Waals surface area contributed by atoms with Crippen molar-refractivity contribution in [2.45, 2.75) is 0 Å². The molecule has 0 bridgehead atoms. The molecule has 3 aromatic rings. The van der Waals surface area contributed by atoms with Crippen LogP contribution in [0.1, 0.15) is 5.56 Å². The van der Waals surface area contributed by atoms with Crippen LogP contribution in [0.15, 0.2) is 36.8 Å². The van der Waals surface area contributed by atoms with Crippen molar-refractivity contribution in [1.82, 2.24) is 15.2 Å². The molecular formula is C14H11N3O. The van der Waals surface area contributed by atoms with Crippen LogP contribution >= 0.6 is 0 Å². The van der Waals surface area contributed by atoms with Crippen LogP contribution in [0.25, 0.3) is 22.0 Å². The van der Waals surface area contributed by atoms with E-state index in [1.165, 1.54) is 0 Å². The third-order valence-corrected chi connectivity index (χ3v) is 2.80. The molecule has 3 rings (SSSR count). The molecule has 88 valence electrons. The van der Waals surface area contributed by atoms with Gasteiger partial charge in [-0.1, -0.05) is 11.8 Å². The minimum Gasteiger partial charge on any atom is -0.384 e. The minimum absolute atomic E-state index is 0.125. The Balaban J connectivity index is 2.16. The molecule has 0 radical (unpaired) electrons.